The van der Waals surface area contributed by atoms with Crippen LogP contribution in [0.4, 0.5) is 8.78 Å². The second-order valence-corrected chi connectivity index (χ2v) is 5.77. The van der Waals surface area contributed by atoms with Crippen LogP contribution in [0.15, 0.2) is 28.8 Å². The fourth-order valence-electron chi connectivity index (χ4n) is 3.05. The summed E-state index contributed by atoms with van der Waals surface area (Å²) in [5, 5.41) is 1.66. The average Bonchev–Trinajstić information content (AvgIpc) is 2.97. The summed E-state index contributed by atoms with van der Waals surface area (Å²) in [6.45, 7) is 2.32. The number of nitrogens with zero attached hydrogens (tertiary/aromatic N) is 4. The first-order chi connectivity index (χ1) is 10.4. The highest BCUT2D eigenvalue weighted by Gasteiger charge is 2.53. The van der Waals surface area contributed by atoms with E-state index in [1.165, 1.54) is 6.21 Å². The van der Waals surface area contributed by atoms with Crippen molar-refractivity contribution in [2.45, 2.75) is 19.3 Å². The average molecular weight is 313 g/mol. The van der Waals surface area contributed by atoms with Gasteiger partial charge in [-0.2, -0.15) is 0 Å². The van der Waals surface area contributed by atoms with Gasteiger partial charge in [-0.15, -0.1) is 9.60 Å². The highest BCUT2D eigenvalue weighted by atomic mass is 19.3. The van der Waals surface area contributed by atoms with Gasteiger partial charge < -0.3 is 9.64 Å². The zero-order valence-corrected chi connectivity index (χ0v) is 12.6. The number of hydrogen-bond acceptors (Lipinski definition) is 5. The third-order valence-corrected chi connectivity index (χ3v) is 4.03. The van der Waals surface area contributed by atoms with E-state index in [0.29, 0.717) is 18.1 Å². The number of quaternary nitrogens is 1. The molecular formula is C14H19F2N4O2+. The molecule has 0 aromatic heterocycles. The van der Waals surface area contributed by atoms with Crippen molar-refractivity contribution in [2.75, 3.05) is 33.4 Å². The Morgan fingerprint density at radius 1 is 1.55 bits per heavy atom. The van der Waals surface area contributed by atoms with E-state index in [2.05, 4.69) is 4.99 Å². The number of fused-ring (bicyclic) bond motifs is 1. The molecule has 0 saturated carbocycles. The van der Waals surface area contributed by atoms with Crippen LogP contribution in [0.5, 0.6) is 0 Å². The van der Waals surface area contributed by atoms with E-state index >= 15 is 0 Å². The summed E-state index contributed by atoms with van der Waals surface area (Å²) in [6, 6.07) is 0. The molecule has 22 heavy (non-hydrogen) atoms. The summed E-state index contributed by atoms with van der Waals surface area (Å²) < 4.78 is 32.3. The van der Waals surface area contributed by atoms with Crippen molar-refractivity contribution >= 4 is 12.2 Å². The predicted octanol–water partition coefficient (Wildman–Crippen LogP) is 1.29. The van der Waals surface area contributed by atoms with E-state index in [1.807, 2.05) is 18.1 Å². The van der Waals surface area contributed by atoms with Gasteiger partial charge in [0.2, 0.25) is 0 Å². The van der Waals surface area contributed by atoms with E-state index in [4.69, 9.17) is 4.74 Å². The fraction of sp³-hybridized carbons (Fsp3) is 0.571. The number of halogens is 2. The van der Waals surface area contributed by atoms with Crippen LogP contribution in [0.2, 0.25) is 0 Å². The van der Waals surface area contributed by atoms with Crippen molar-refractivity contribution in [3.63, 3.8) is 0 Å². The molecule has 0 aliphatic carbocycles. The van der Waals surface area contributed by atoms with Crippen LogP contribution in [0.25, 0.3) is 0 Å². The molecule has 0 aromatic carbocycles. The Labute approximate surface area is 127 Å². The molecule has 0 amide bonds. The Bertz CT molecular complexity index is 587. The summed E-state index contributed by atoms with van der Waals surface area (Å²) in [5.74, 6) is -2.56. The van der Waals surface area contributed by atoms with E-state index < -0.39 is 11.9 Å². The van der Waals surface area contributed by atoms with Crippen LogP contribution in [0, 0.1) is 0 Å². The normalized spacial score (nSPS) is 30.1. The van der Waals surface area contributed by atoms with E-state index in [0.717, 1.165) is 0 Å². The third kappa shape index (κ3) is 2.42. The minimum atomic E-state index is -2.71. The summed E-state index contributed by atoms with van der Waals surface area (Å²) in [6.07, 6.45) is 4.73. The monoisotopic (exact) mass is 313 g/mol. The maximum atomic E-state index is 13.6. The van der Waals surface area contributed by atoms with E-state index in [1.54, 1.807) is 18.1 Å². The number of hydrogen-bond donors (Lipinski definition) is 0. The number of esters is 1. The zero-order valence-electron chi connectivity index (χ0n) is 12.6. The lowest BCUT2D eigenvalue weighted by atomic mass is 10.2. The standard InChI is InChI=1S/C14H19F2N4O2/c1-3-22-13(21)11-6-17-12-7-18(2)10-20(12,8-11)19-5-4-14(15,16)9-19/h6-8H,3-5,9-10H2,1-2H3/q+1. The first-order valence-corrected chi connectivity index (χ1v) is 7.24. The highest BCUT2D eigenvalue weighted by Crippen LogP contribution is 2.39. The summed E-state index contributed by atoms with van der Waals surface area (Å²) >= 11 is 0. The van der Waals surface area contributed by atoms with Crippen molar-refractivity contribution < 1.29 is 22.9 Å². The molecule has 0 bridgehead atoms. The van der Waals surface area contributed by atoms with E-state index in [-0.39, 0.29) is 30.7 Å². The Morgan fingerprint density at radius 2 is 2.32 bits per heavy atom. The molecule has 0 aromatic rings. The smallest absolute Gasteiger partial charge is 0.345 e. The van der Waals surface area contributed by atoms with Crippen LogP contribution in [0.1, 0.15) is 13.3 Å². The van der Waals surface area contributed by atoms with E-state index in [9.17, 15) is 13.6 Å². The van der Waals surface area contributed by atoms with Gasteiger partial charge in [-0.3, -0.25) is 0 Å². The van der Waals surface area contributed by atoms with Gasteiger partial charge in [0.05, 0.1) is 25.6 Å². The van der Waals surface area contributed by atoms with Crippen molar-refractivity contribution in [3.05, 3.63) is 23.8 Å². The van der Waals surface area contributed by atoms with Gasteiger partial charge in [0, 0.05) is 13.5 Å². The number of alkyl halides is 2. The molecule has 120 valence electrons. The number of aliphatic imine (C=N–C) groups is 1. The lowest BCUT2D eigenvalue weighted by Gasteiger charge is -2.38. The number of ether oxygens (including phenoxy) is 1. The first-order valence-electron chi connectivity index (χ1n) is 7.24. The number of rotatable bonds is 3. The molecule has 3 heterocycles. The minimum absolute atomic E-state index is 0.0245. The van der Waals surface area contributed by atoms with Crippen LogP contribution < -0.4 is 0 Å². The van der Waals surface area contributed by atoms with Gasteiger partial charge >= 0.3 is 5.97 Å². The quantitative estimate of drug-likeness (QED) is 0.582. The lowest BCUT2D eigenvalue weighted by Crippen LogP contribution is -2.56. The third-order valence-electron chi connectivity index (χ3n) is 4.03. The van der Waals surface area contributed by atoms with Crippen LogP contribution in [0.3, 0.4) is 0 Å². The lowest BCUT2D eigenvalue weighted by molar-refractivity contribution is -0.960. The second-order valence-electron chi connectivity index (χ2n) is 5.77. The van der Waals surface area contributed by atoms with Gasteiger partial charge in [0.15, 0.2) is 6.67 Å². The van der Waals surface area contributed by atoms with Gasteiger partial charge in [-0.25, -0.2) is 18.6 Å². The van der Waals surface area contributed by atoms with Gasteiger partial charge in [-0.1, -0.05) is 0 Å². The minimum Gasteiger partial charge on any atom is -0.462 e. The molecule has 3 aliphatic rings. The zero-order chi connectivity index (χ0) is 16.0. The Hall–Kier alpha value is -1.80. The maximum Gasteiger partial charge on any atom is 0.345 e. The summed E-state index contributed by atoms with van der Waals surface area (Å²) in [7, 11) is 1.85. The molecule has 8 heteroatoms. The van der Waals surface area contributed by atoms with Gasteiger partial charge in [0.1, 0.15) is 18.3 Å². The van der Waals surface area contributed by atoms with Crippen molar-refractivity contribution in [3.8, 4) is 0 Å². The van der Waals surface area contributed by atoms with Crippen LogP contribution >= 0.6 is 0 Å². The highest BCUT2D eigenvalue weighted by molar-refractivity contribution is 6.09. The predicted molar refractivity (Wildman–Crippen MR) is 75.3 cm³/mol. The first kappa shape index (κ1) is 15.1. The second kappa shape index (κ2) is 5.13. The summed E-state index contributed by atoms with van der Waals surface area (Å²) in [4.78, 5) is 18.1. The largest absolute Gasteiger partial charge is 0.462 e. The Balaban J connectivity index is 1.96. The molecule has 1 saturated heterocycles. The molecular weight excluding hydrogens is 294 g/mol. The molecule has 3 aliphatic heterocycles. The SMILES string of the molecule is CCOC(=O)C1=C[N+]2(N3CCC(F)(F)C3)CN(C)C=C2N=C1. The van der Waals surface area contributed by atoms with Gasteiger partial charge in [0.25, 0.3) is 11.7 Å². The molecule has 0 spiro atoms. The van der Waals surface area contributed by atoms with Crippen molar-refractivity contribution in [1.82, 2.24) is 9.91 Å². The van der Waals surface area contributed by atoms with Crippen molar-refractivity contribution in [2.24, 2.45) is 4.99 Å². The molecule has 1 unspecified atom stereocenters. The van der Waals surface area contributed by atoms with Gasteiger partial charge in [-0.05, 0) is 6.92 Å². The maximum absolute atomic E-state index is 13.6. The topological polar surface area (TPSA) is 45.1 Å². The Kier molecular flexibility index (Phi) is 3.53. The fourth-order valence-corrected chi connectivity index (χ4v) is 3.05. The van der Waals surface area contributed by atoms with Crippen LogP contribution in [-0.2, 0) is 9.53 Å². The Morgan fingerprint density at radius 3 is 2.95 bits per heavy atom. The van der Waals surface area contributed by atoms with Crippen LogP contribution in [-0.4, -0.2) is 66.0 Å². The molecule has 0 N–H and O–H groups in total. The molecule has 3 rings (SSSR count). The molecule has 1 fully saturated rings. The number of carbonyl (C=O) groups is 1. The molecule has 0 radical (unpaired) electrons. The molecule has 1 atom stereocenters. The van der Waals surface area contributed by atoms with Crippen molar-refractivity contribution in [1.29, 1.82) is 0 Å². The number of carbonyl (C=O) groups excluding carboxylic acids is 1. The molecule has 6 nitrogen and oxygen atoms in total. The summed E-state index contributed by atoms with van der Waals surface area (Å²) in [5.41, 5.74) is 0.296.